The van der Waals surface area contributed by atoms with Gasteiger partial charge in [0.2, 0.25) is 17.7 Å². The zero-order valence-electron chi connectivity index (χ0n) is 27.4. The van der Waals surface area contributed by atoms with Crippen LogP contribution >= 0.6 is 11.8 Å². The fourth-order valence-electron chi connectivity index (χ4n) is 8.79. The Labute approximate surface area is 283 Å². The molecule has 4 fully saturated rings. The van der Waals surface area contributed by atoms with E-state index in [9.17, 15) is 14.4 Å². The van der Waals surface area contributed by atoms with Crippen molar-refractivity contribution in [3.8, 4) is 0 Å². The van der Waals surface area contributed by atoms with E-state index in [1.807, 2.05) is 42.7 Å². The van der Waals surface area contributed by atoms with Gasteiger partial charge in [-0.1, -0.05) is 67.8 Å². The zero-order chi connectivity index (χ0) is 32.4. The lowest BCUT2D eigenvalue weighted by molar-refractivity contribution is -0.141. The van der Waals surface area contributed by atoms with Gasteiger partial charge in [0, 0.05) is 23.2 Å². The minimum Gasteiger partial charge on any atom is -0.359 e. The maximum atomic E-state index is 14.4. The second-order valence-electron chi connectivity index (χ2n) is 14.1. The highest BCUT2D eigenvalue weighted by atomic mass is 32.2. The van der Waals surface area contributed by atoms with Gasteiger partial charge < -0.3 is 25.2 Å². The molecule has 0 radical (unpaired) electrons. The first kappa shape index (κ1) is 32.4. The van der Waals surface area contributed by atoms with E-state index in [-0.39, 0.29) is 23.8 Å². The van der Waals surface area contributed by atoms with Crippen LogP contribution in [-0.4, -0.2) is 83.7 Å². The van der Waals surface area contributed by atoms with Gasteiger partial charge >= 0.3 is 0 Å². The van der Waals surface area contributed by atoms with Crippen LogP contribution in [0.25, 0.3) is 0 Å². The second kappa shape index (κ2) is 14.1. The van der Waals surface area contributed by atoms with E-state index >= 15 is 0 Å². The van der Waals surface area contributed by atoms with Crippen LogP contribution in [0.4, 0.5) is 5.69 Å². The number of nitrogens with one attached hydrogen (secondary N) is 2. The summed E-state index contributed by atoms with van der Waals surface area (Å²) in [5.74, 6) is -1.23. The molecule has 0 aromatic heterocycles. The molecular formula is C38H48N4O4S. The summed E-state index contributed by atoms with van der Waals surface area (Å²) < 4.78 is 6.57. The summed E-state index contributed by atoms with van der Waals surface area (Å²) in [5, 5.41) is 6.36. The molecule has 2 aromatic rings. The number of thioether (sulfide) groups is 1. The lowest BCUT2D eigenvalue weighted by Crippen LogP contribution is -2.56. The maximum Gasteiger partial charge on any atom is 0.246 e. The average molecular weight is 657 g/mol. The van der Waals surface area contributed by atoms with Crippen molar-refractivity contribution in [1.82, 2.24) is 15.1 Å². The summed E-state index contributed by atoms with van der Waals surface area (Å²) in [7, 11) is 0. The quantitative estimate of drug-likeness (QED) is 0.253. The largest absolute Gasteiger partial charge is 0.359 e. The van der Waals surface area contributed by atoms with E-state index in [4.69, 9.17) is 4.74 Å². The molecule has 9 heteroatoms. The fraction of sp³-hybridized carbons (Fsp3) is 0.553. The number of rotatable bonds is 11. The number of nitrogens with zero attached hydrogens (tertiary/aromatic N) is 2. The molecule has 5 atom stereocenters. The first-order valence-electron chi connectivity index (χ1n) is 17.6. The topological polar surface area (TPSA) is 91.0 Å². The van der Waals surface area contributed by atoms with Gasteiger partial charge in [-0.2, -0.15) is 0 Å². The highest BCUT2D eigenvalue weighted by Crippen LogP contribution is 2.55. The molecule has 250 valence electrons. The predicted molar refractivity (Wildman–Crippen MR) is 185 cm³/mol. The number of benzene rings is 2. The van der Waals surface area contributed by atoms with Crippen molar-refractivity contribution in [2.75, 3.05) is 37.8 Å². The highest BCUT2D eigenvalue weighted by Gasteiger charge is 2.72. The molecule has 2 N–H and O–H groups in total. The summed E-state index contributed by atoms with van der Waals surface area (Å²) in [5.41, 5.74) is 0.982. The van der Waals surface area contributed by atoms with Crippen LogP contribution in [0.1, 0.15) is 56.9 Å². The van der Waals surface area contributed by atoms with E-state index in [1.165, 1.54) is 24.8 Å². The Hall–Kier alpha value is -3.14. The molecule has 3 amide bonds. The maximum absolute atomic E-state index is 14.4. The summed E-state index contributed by atoms with van der Waals surface area (Å²) in [6.45, 7) is 3.45. The standard InChI is InChI=1S/C38H48N4O4S/c1-47-30-15-8-14-29(25-30)40-35(43)32-31-16-19-38(46-31)33(32)37(45)42(34(38)36(44)39-28-12-6-3-7-13-28)21-9-20-41-22-17-27(18-23-41)24-26-10-4-2-5-11-26/h2,4-5,8,10-11,14-16,19,25,27-28,31-34H,3,6-7,9,12-13,17-18,20-24H2,1H3,(H,39,44)(H,40,43)/t31-,32-,33-,34+,38-/m1/s1. The molecule has 3 saturated heterocycles. The van der Waals surface area contributed by atoms with Gasteiger partial charge in [0.05, 0.1) is 17.9 Å². The van der Waals surface area contributed by atoms with Crippen molar-refractivity contribution in [3.63, 3.8) is 0 Å². The zero-order valence-corrected chi connectivity index (χ0v) is 28.3. The van der Waals surface area contributed by atoms with Gasteiger partial charge in [-0.05, 0) is 94.1 Å². The van der Waals surface area contributed by atoms with Crippen molar-refractivity contribution >= 4 is 35.2 Å². The normalized spacial score (nSPS) is 29.3. The van der Waals surface area contributed by atoms with Crippen LogP contribution in [0.15, 0.2) is 71.6 Å². The Morgan fingerprint density at radius 3 is 2.51 bits per heavy atom. The minimum atomic E-state index is -1.13. The predicted octanol–water partition coefficient (Wildman–Crippen LogP) is 5.29. The summed E-state index contributed by atoms with van der Waals surface area (Å²) >= 11 is 1.61. The Kier molecular flexibility index (Phi) is 9.76. The number of ether oxygens (including phenoxy) is 1. The van der Waals surface area contributed by atoms with Crippen molar-refractivity contribution in [1.29, 1.82) is 0 Å². The van der Waals surface area contributed by atoms with Crippen molar-refractivity contribution in [2.24, 2.45) is 17.8 Å². The lowest BCUT2D eigenvalue weighted by Gasteiger charge is -2.35. The molecule has 8 nitrogen and oxygen atoms in total. The van der Waals surface area contributed by atoms with Crippen LogP contribution in [0.3, 0.4) is 0 Å². The molecule has 1 spiro atoms. The van der Waals surface area contributed by atoms with Crippen LogP contribution < -0.4 is 10.6 Å². The Morgan fingerprint density at radius 1 is 0.957 bits per heavy atom. The monoisotopic (exact) mass is 656 g/mol. The van der Waals surface area contributed by atoms with Gasteiger partial charge in [0.15, 0.2) is 0 Å². The third-order valence-corrected chi connectivity index (χ3v) is 11.9. The van der Waals surface area contributed by atoms with Gasteiger partial charge in [0.25, 0.3) is 0 Å². The smallest absolute Gasteiger partial charge is 0.246 e. The Bertz CT molecular complexity index is 1470. The van der Waals surface area contributed by atoms with E-state index in [1.54, 1.807) is 16.7 Å². The van der Waals surface area contributed by atoms with Crippen LogP contribution in [0, 0.1) is 17.8 Å². The van der Waals surface area contributed by atoms with E-state index in [0.717, 1.165) is 63.1 Å². The Balaban J connectivity index is 1.04. The number of likely N-dealkylation sites (tertiary alicyclic amines) is 2. The van der Waals surface area contributed by atoms with Crippen molar-refractivity contribution < 1.29 is 19.1 Å². The molecule has 1 aliphatic carbocycles. The molecule has 4 heterocycles. The number of carbonyl (C=O) groups is 3. The third-order valence-electron chi connectivity index (χ3n) is 11.2. The van der Waals surface area contributed by atoms with Crippen LogP contribution in [0.5, 0.6) is 0 Å². The number of hydrogen-bond acceptors (Lipinski definition) is 6. The van der Waals surface area contributed by atoms with Gasteiger partial charge in [-0.15, -0.1) is 11.8 Å². The van der Waals surface area contributed by atoms with Gasteiger partial charge in [-0.25, -0.2) is 0 Å². The number of fused-ring (bicyclic) bond motifs is 1. The molecule has 1 saturated carbocycles. The molecule has 0 unspecified atom stereocenters. The van der Waals surface area contributed by atoms with Crippen LogP contribution in [0.2, 0.25) is 0 Å². The van der Waals surface area contributed by atoms with Gasteiger partial charge in [-0.3, -0.25) is 14.4 Å². The third kappa shape index (κ3) is 6.63. The molecular weight excluding hydrogens is 609 g/mol. The molecule has 2 aromatic carbocycles. The lowest BCUT2D eigenvalue weighted by atomic mass is 9.74. The summed E-state index contributed by atoms with van der Waals surface area (Å²) in [4.78, 5) is 47.7. The molecule has 2 bridgehead atoms. The highest BCUT2D eigenvalue weighted by molar-refractivity contribution is 7.98. The van der Waals surface area contributed by atoms with Crippen LogP contribution in [-0.2, 0) is 25.5 Å². The molecule has 4 aliphatic heterocycles. The second-order valence-corrected chi connectivity index (χ2v) is 15.0. The summed E-state index contributed by atoms with van der Waals surface area (Å²) in [6, 6.07) is 17.8. The van der Waals surface area contributed by atoms with Crippen molar-refractivity contribution in [2.45, 2.75) is 86.5 Å². The van der Waals surface area contributed by atoms with E-state index in [2.05, 4.69) is 45.9 Å². The SMILES string of the molecule is CSc1cccc(NC(=O)[C@@H]2[C@H]3C=C[C@]4(O3)[C@H](C(=O)NC3CCCCC3)N(CCCN3CCC(Cc5ccccc5)CC3)C(=O)[C@@H]24)c1. The Morgan fingerprint density at radius 2 is 1.74 bits per heavy atom. The minimum absolute atomic E-state index is 0.117. The van der Waals surface area contributed by atoms with Crippen molar-refractivity contribution in [3.05, 3.63) is 72.3 Å². The number of amides is 3. The first-order valence-corrected chi connectivity index (χ1v) is 18.9. The fourth-order valence-corrected chi connectivity index (χ4v) is 9.25. The number of hydrogen-bond donors (Lipinski definition) is 2. The first-order chi connectivity index (χ1) is 22.9. The summed E-state index contributed by atoms with van der Waals surface area (Å²) in [6.07, 6.45) is 14.9. The molecule has 47 heavy (non-hydrogen) atoms. The van der Waals surface area contributed by atoms with E-state index in [0.29, 0.717) is 18.2 Å². The van der Waals surface area contributed by atoms with Gasteiger partial charge in [0.1, 0.15) is 11.6 Å². The van der Waals surface area contributed by atoms with E-state index < -0.39 is 29.6 Å². The average Bonchev–Trinajstić information content (AvgIpc) is 3.74. The number of anilines is 1. The molecule has 7 rings (SSSR count). The molecule has 5 aliphatic rings. The number of piperidine rings is 1. The number of carbonyl (C=O) groups excluding carboxylic acids is 3.